The number of imide groups is 2. The molecule has 1 unspecified atom stereocenters. The van der Waals surface area contributed by atoms with Crippen molar-refractivity contribution in [3.8, 4) is 22.6 Å². The van der Waals surface area contributed by atoms with Crippen molar-refractivity contribution in [3.05, 3.63) is 82.0 Å². The molecule has 0 bridgehead atoms. The van der Waals surface area contributed by atoms with E-state index in [1.807, 2.05) is 36.2 Å². The van der Waals surface area contributed by atoms with Crippen LogP contribution in [0.3, 0.4) is 0 Å². The lowest BCUT2D eigenvalue weighted by Crippen LogP contribution is -2.57. The monoisotopic (exact) mass is 862 g/mol. The third-order valence-corrected chi connectivity index (χ3v) is 12.8. The molecule has 2 aromatic heterocycles. The van der Waals surface area contributed by atoms with Crippen LogP contribution >= 0.6 is 0 Å². The van der Waals surface area contributed by atoms with Crippen LogP contribution in [0.5, 0.6) is 11.5 Å². The zero-order chi connectivity index (χ0) is 44.4. The molecule has 1 atom stereocenters. The molecule has 4 aliphatic heterocycles. The van der Waals surface area contributed by atoms with E-state index in [0.717, 1.165) is 91.1 Å². The number of aryl methyl sites for hydroxylation is 1. The summed E-state index contributed by atoms with van der Waals surface area (Å²) in [6, 6.07) is 9.95. The van der Waals surface area contributed by atoms with Gasteiger partial charge in [-0.15, -0.1) is 0 Å². The van der Waals surface area contributed by atoms with E-state index in [1.54, 1.807) is 56.6 Å². The average Bonchev–Trinajstić information content (AvgIpc) is 3.52. The minimum Gasteiger partial charge on any atom is -0.496 e. The van der Waals surface area contributed by atoms with Crippen LogP contribution in [0.1, 0.15) is 64.8 Å². The first-order valence-corrected chi connectivity index (χ1v) is 21.5. The Morgan fingerprint density at radius 2 is 1.70 bits per heavy atom. The summed E-state index contributed by atoms with van der Waals surface area (Å²) in [5, 5.41) is 6.62. The van der Waals surface area contributed by atoms with Gasteiger partial charge in [0.05, 0.1) is 55.0 Å². The molecule has 0 radical (unpaired) electrons. The van der Waals surface area contributed by atoms with Gasteiger partial charge in [0, 0.05) is 82.6 Å². The van der Waals surface area contributed by atoms with Crippen molar-refractivity contribution in [2.24, 2.45) is 7.05 Å². The fourth-order valence-electron chi connectivity index (χ4n) is 9.40. The van der Waals surface area contributed by atoms with E-state index in [0.29, 0.717) is 36.6 Å². The maximum atomic E-state index is 13.4. The predicted molar refractivity (Wildman–Crippen MR) is 234 cm³/mol. The Labute approximate surface area is 365 Å². The molecule has 63 heavy (non-hydrogen) atoms. The van der Waals surface area contributed by atoms with Gasteiger partial charge < -0.3 is 29.0 Å². The highest BCUT2D eigenvalue weighted by Gasteiger charge is 2.45. The maximum absolute atomic E-state index is 13.4. The summed E-state index contributed by atoms with van der Waals surface area (Å²) >= 11 is 0. The Bertz CT molecular complexity index is 2490. The van der Waals surface area contributed by atoms with E-state index < -0.39 is 29.7 Å². The molecule has 332 valence electrons. The fourth-order valence-corrected chi connectivity index (χ4v) is 9.40. The molecule has 4 aromatic rings. The van der Waals surface area contributed by atoms with Gasteiger partial charge in [0.15, 0.2) is 0 Å². The number of anilines is 1. The van der Waals surface area contributed by atoms with E-state index >= 15 is 0 Å². The highest BCUT2D eigenvalue weighted by atomic mass is 16.5. The summed E-state index contributed by atoms with van der Waals surface area (Å²) in [6.45, 7) is 5.84. The van der Waals surface area contributed by atoms with E-state index in [-0.39, 0.29) is 47.6 Å². The normalized spacial score (nSPS) is 18.9. The molecular weight excluding hydrogens is 809 g/mol. The largest absolute Gasteiger partial charge is 0.496 e. The van der Waals surface area contributed by atoms with Gasteiger partial charge >= 0.3 is 0 Å². The number of piperidine rings is 2. The van der Waals surface area contributed by atoms with Crippen LogP contribution in [0.15, 0.2) is 59.8 Å². The van der Waals surface area contributed by atoms with Crippen LogP contribution in [0.25, 0.3) is 21.9 Å². The summed E-state index contributed by atoms with van der Waals surface area (Å²) in [5.74, 6) is -0.889. The van der Waals surface area contributed by atoms with E-state index in [9.17, 15) is 28.8 Å². The minimum absolute atomic E-state index is 0.0691. The SMILES string of the molecule is COc1cc(-c2cn(C)c(=O)c3cnccc23)cc(OC)c1CN(C)CC(=O)NCCCCN1CCOC2(CCN(c3ccc4c(c3)C(=O)N(C3CCC(=O)NC3=O)C4=O)CC2)C1. The quantitative estimate of drug-likeness (QED) is 0.140. The molecule has 2 aromatic carbocycles. The standard InChI is InChI=1S/C46H54N8O9/c1-50(25-36-38(61-3)21-29(22-39(36)62-4)35-26-51(2)43(58)34-24-47-15-11-31(34)35)27-41(56)48-14-5-6-16-52-19-20-63-46(28-52)12-17-53(18-13-46)30-7-8-32-33(23-30)45(60)54(44(32)59)37-9-10-40(55)49-42(37)57/h7-8,11,15,21-24,26,37H,5-6,9-10,12-14,16-20,25,27-28H2,1-4H3,(H,48,56)(H,49,55,57). The molecule has 0 aliphatic carbocycles. The Morgan fingerprint density at radius 3 is 2.43 bits per heavy atom. The number of carbonyl (C=O) groups is 5. The lowest BCUT2D eigenvalue weighted by Gasteiger charge is -2.48. The molecule has 3 fully saturated rings. The second-order valence-electron chi connectivity index (χ2n) is 16.9. The lowest BCUT2D eigenvalue weighted by atomic mass is 9.88. The van der Waals surface area contributed by atoms with Crippen LogP contribution in [-0.4, -0.2) is 139 Å². The van der Waals surface area contributed by atoms with Gasteiger partial charge in [-0.2, -0.15) is 0 Å². The maximum Gasteiger partial charge on any atom is 0.262 e. The average molecular weight is 863 g/mol. The number of pyridine rings is 2. The number of carbonyl (C=O) groups excluding carboxylic acids is 5. The molecule has 17 heteroatoms. The van der Waals surface area contributed by atoms with E-state index in [1.165, 1.54) is 0 Å². The molecular formula is C46H54N8O9. The number of hydrogen-bond acceptors (Lipinski definition) is 13. The number of nitrogens with zero attached hydrogens (tertiary/aromatic N) is 6. The smallest absolute Gasteiger partial charge is 0.262 e. The molecule has 1 spiro atoms. The molecule has 17 nitrogen and oxygen atoms in total. The summed E-state index contributed by atoms with van der Waals surface area (Å²) in [5.41, 5.74) is 3.48. The highest BCUT2D eigenvalue weighted by molar-refractivity contribution is 6.23. The summed E-state index contributed by atoms with van der Waals surface area (Å²) < 4.78 is 19.6. The number of unbranched alkanes of at least 4 members (excludes halogenated alkanes) is 1. The third kappa shape index (κ3) is 8.90. The van der Waals surface area contributed by atoms with Crippen molar-refractivity contribution in [3.63, 3.8) is 0 Å². The summed E-state index contributed by atoms with van der Waals surface area (Å²) in [7, 11) is 6.80. The van der Waals surface area contributed by atoms with E-state index in [2.05, 4.69) is 25.4 Å². The lowest BCUT2D eigenvalue weighted by molar-refractivity contribution is -0.136. The molecule has 0 saturated carbocycles. The Kier molecular flexibility index (Phi) is 12.6. The number of benzene rings is 2. The number of ether oxygens (including phenoxy) is 3. The molecule has 2 N–H and O–H groups in total. The van der Waals surface area contributed by atoms with Crippen molar-refractivity contribution in [1.29, 1.82) is 0 Å². The Balaban J connectivity index is 0.784. The van der Waals surface area contributed by atoms with Gasteiger partial charge in [-0.05, 0) is 93.0 Å². The number of likely N-dealkylation sites (N-methyl/N-ethyl adjacent to an activating group) is 1. The van der Waals surface area contributed by atoms with Gasteiger partial charge in [-0.25, -0.2) is 0 Å². The van der Waals surface area contributed by atoms with Gasteiger partial charge in [-0.3, -0.25) is 53.8 Å². The number of hydrogen-bond donors (Lipinski definition) is 2. The molecule has 6 heterocycles. The van der Waals surface area contributed by atoms with Crippen molar-refractivity contribution in [2.45, 2.75) is 56.7 Å². The van der Waals surface area contributed by atoms with Crippen molar-refractivity contribution >= 4 is 46.0 Å². The second kappa shape index (κ2) is 18.3. The number of nitrogens with one attached hydrogen (secondary N) is 2. The molecule has 8 rings (SSSR count). The molecule has 3 saturated heterocycles. The first kappa shape index (κ1) is 43.5. The van der Waals surface area contributed by atoms with Crippen molar-refractivity contribution in [1.82, 2.24) is 34.9 Å². The van der Waals surface area contributed by atoms with Gasteiger partial charge in [-0.1, -0.05) is 0 Å². The predicted octanol–water partition coefficient (Wildman–Crippen LogP) is 2.72. The first-order chi connectivity index (χ1) is 30.4. The molecule has 4 aliphatic rings. The van der Waals surface area contributed by atoms with Crippen LogP contribution in [0.4, 0.5) is 5.69 Å². The van der Waals surface area contributed by atoms with Gasteiger partial charge in [0.25, 0.3) is 17.4 Å². The number of methoxy groups -OCH3 is 2. The fraction of sp³-hybridized carbons (Fsp3) is 0.457. The summed E-state index contributed by atoms with van der Waals surface area (Å²) in [4.78, 5) is 88.2. The zero-order valence-corrected chi connectivity index (χ0v) is 36.2. The highest BCUT2D eigenvalue weighted by Crippen LogP contribution is 2.38. The number of aromatic nitrogens is 2. The van der Waals surface area contributed by atoms with Crippen LogP contribution in [0.2, 0.25) is 0 Å². The first-order valence-electron chi connectivity index (χ1n) is 21.5. The number of rotatable bonds is 14. The number of fused-ring (bicyclic) bond motifs is 2. The van der Waals surface area contributed by atoms with Crippen molar-refractivity contribution in [2.75, 3.05) is 78.6 Å². The Hall–Kier alpha value is -6.17. The summed E-state index contributed by atoms with van der Waals surface area (Å²) in [6.07, 6.45) is 8.63. The van der Waals surface area contributed by atoms with Crippen molar-refractivity contribution < 1.29 is 38.2 Å². The third-order valence-electron chi connectivity index (χ3n) is 12.8. The topological polar surface area (TPSA) is 185 Å². The van der Waals surface area contributed by atoms with Gasteiger partial charge in [0.2, 0.25) is 17.7 Å². The van der Waals surface area contributed by atoms with Crippen LogP contribution in [-0.2, 0) is 32.7 Å². The van der Waals surface area contributed by atoms with Crippen LogP contribution < -0.4 is 30.6 Å². The zero-order valence-electron chi connectivity index (χ0n) is 36.2. The number of amides is 5. The molecule has 5 amide bonds. The van der Waals surface area contributed by atoms with Gasteiger partial charge in [0.1, 0.15) is 17.5 Å². The van der Waals surface area contributed by atoms with Crippen LogP contribution in [0, 0.1) is 0 Å². The number of morpholine rings is 1. The second-order valence-corrected chi connectivity index (χ2v) is 16.9. The van der Waals surface area contributed by atoms with E-state index in [4.69, 9.17) is 14.2 Å². The Morgan fingerprint density at radius 1 is 0.952 bits per heavy atom. The minimum atomic E-state index is -0.994.